The summed E-state index contributed by atoms with van der Waals surface area (Å²) in [6, 6.07) is 9.90. The maximum absolute atomic E-state index is 11.7. The Morgan fingerprint density at radius 3 is 2.95 bits per heavy atom. The maximum Gasteiger partial charge on any atom is 0.257 e. The molecule has 0 aromatic heterocycles. The average Bonchev–Trinajstić information content (AvgIpc) is 2.91. The second kappa shape index (κ2) is 7.14. The minimum atomic E-state index is -0.0493. The number of nitrogens with one attached hydrogen (secondary N) is 1. The van der Waals surface area contributed by atoms with Gasteiger partial charge in [0.05, 0.1) is 0 Å². The van der Waals surface area contributed by atoms with Gasteiger partial charge in [-0.2, -0.15) is 0 Å². The molecule has 4 heteroatoms. The zero-order valence-electron chi connectivity index (χ0n) is 11.5. The highest BCUT2D eigenvalue weighted by Gasteiger charge is 2.22. The second-order valence-corrected chi connectivity index (χ2v) is 4.83. The zero-order valence-corrected chi connectivity index (χ0v) is 11.5. The van der Waals surface area contributed by atoms with Crippen LogP contribution < -0.4 is 10.1 Å². The van der Waals surface area contributed by atoms with E-state index in [1.807, 2.05) is 30.3 Å². The third kappa shape index (κ3) is 4.24. The van der Waals surface area contributed by atoms with Crippen molar-refractivity contribution in [2.45, 2.75) is 25.8 Å². The van der Waals surface area contributed by atoms with Gasteiger partial charge >= 0.3 is 0 Å². The van der Waals surface area contributed by atoms with E-state index in [0.717, 1.165) is 25.4 Å². The smallest absolute Gasteiger partial charge is 0.257 e. The molecule has 1 heterocycles. The van der Waals surface area contributed by atoms with E-state index in [0.29, 0.717) is 6.04 Å². The number of likely N-dealkylation sites (tertiary alicyclic amines) is 1. The van der Waals surface area contributed by atoms with Gasteiger partial charge in [-0.1, -0.05) is 25.1 Å². The minimum absolute atomic E-state index is 0.0493. The van der Waals surface area contributed by atoms with Crippen molar-refractivity contribution in [2.75, 3.05) is 26.2 Å². The largest absolute Gasteiger partial charge is 0.484 e. The zero-order chi connectivity index (χ0) is 13.5. The van der Waals surface area contributed by atoms with Crippen LogP contribution in [-0.4, -0.2) is 43.1 Å². The van der Waals surface area contributed by atoms with Crippen molar-refractivity contribution >= 4 is 5.91 Å². The molecule has 1 amide bonds. The number of carbonyl (C=O) groups excluding carboxylic acids is 1. The number of hydrogen-bond acceptors (Lipinski definition) is 3. The van der Waals surface area contributed by atoms with Gasteiger partial charge < -0.3 is 10.1 Å². The highest BCUT2D eigenvalue weighted by atomic mass is 16.5. The predicted molar refractivity (Wildman–Crippen MR) is 75.2 cm³/mol. The van der Waals surface area contributed by atoms with Crippen LogP contribution >= 0.6 is 0 Å². The molecular weight excluding hydrogens is 240 g/mol. The lowest BCUT2D eigenvalue weighted by molar-refractivity contribution is -0.123. The van der Waals surface area contributed by atoms with Gasteiger partial charge in [0.15, 0.2) is 6.61 Å². The lowest BCUT2D eigenvalue weighted by atomic mass is 10.2. The van der Waals surface area contributed by atoms with Crippen LogP contribution in [0.2, 0.25) is 0 Å². The molecule has 1 unspecified atom stereocenters. The topological polar surface area (TPSA) is 41.6 Å². The van der Waals surface area contributed by atoms with Crippen molar-refractivity contribution in [3.63, 3.8) is 0 Å². The standard InChI is InChI=1S/C15H22N2O2/c1-2-17-10-6-7-13(17)11-16-15(18)12-19-14-8-4-3-5-9-14/h3-5,8-9,13H,2,6-7,10-12H2,1H3,(H,16,18). The average molecular weight is 262 g/mol. The highest BCUT2D eigenvalue weighted by molar-refractivity contribution is 5.77. The van der Waals surface area contributed by atoms with E-state index in [4.69, 9.17) is 4.74 Å². The van der Waals surface area contributed by atoms with Crippen LogP contribution in [-0.2, 0) is 4.79 Å². The summed E-state index contributed by atoms with van der Waals surface area (Å²) >= 11 is 0. The third-order valence-electron chi connectivity index (χ3n) is 3.55. The number of carbonyl (C=O) groups is 1. The Hall–Kier alpha value is -1.55. The summed E-state index contributed by atoms with van der Waals surface area (Å²) in [4.78, 5) is 14.1. The summed E-state index contributed by atoms with van der Waals surface area (Å²) < 4.78 is 5.41. The lowest BCUT2D eigenvalue weighted by Crippen LogP contribution is -2.41. The van der Waals surface area contributed by atoms with E-state index in [2.05, 4.69) is 17.1 Å². The van der Waals surface area contributed by atoms with E-state index in [1.165, 1.54) is 12.8 Å². The number of para-hydroxylation sites is 1. The fourth-order valence-corrected chi connectivity index (χ4v) is 2.49. The molecule has 2 rings (SSSR count). The highest BCUT2D eigenvalue weighted by Crippen LogP contribution is 2.15. The summed E-state index contributed by atoms with van der Waals surface area (Å²) in [5.41, 5.74) is 0. The first-order valence-corrected chi connectivity index (χ1v) is 6.98. The number of rotatable bonds is 6. The molecular formula is C15H22N2O2. The SMILES string of the molecule is CCN1CCCC1CNC(=O)COc1ccccc1. The quantitative estimate of drug-likeness (QED) is 0.848. The predicted octanol–water partition coefficient (Wildman–Crippen LogP) is 1.67. The lowest BCUT2D eigenvalue weighted by Gasteiger charge is -2.22. The van der Waals surface area contributed by atoms with E-state index in [-0.39, 0.29) is 12.5 Å². The Balaban J connectivity index is 1.67. The Bertz CT molecular complexity index is 394. The fourth-order valence-electron chi connectivity index (χ4n) is 2.49. The molecule has 1 N–H and O–H groups in total. The molecule has 1 aliphatic rings. The van der Waals surface area contributed by atoms with Crippen molar-refractivity contribution in [2.24, 2.45) is 0 Å². The van der Waals surface area contributed by atoms with E-state index >= 15 is 0 Å². The van der Waals surface area contributed by atoms with Gasteiger partial charge in [-0.15, -0.1) is 0 Å². The summed E-state index contributed by atoms with van der Waals surface area (Å²) in [5, 5.41) is 2.95. The van der Waals surface area contributed by atoms with Gasteiger partial charge in [-0.3, -0.25) is 9.69 Å². The molecule has 0 spiro atoms. The molecule has 1 aliphatic heterocycles. The number of nitrogens with zero attached hydrogens (tertiary/aromatic N) is 1. The maximum atomic E-state index is 11.7. The van der Waals surface area contributed by atoms with Crippen LogP contribution in [0, 0.1) is 0 Å². The van der Waals surface area contributed by atoms with Gasteiger partial charge in [0.2, 0.25) is 0 Å². The fraction of sp³-hybridized carbons (Fsp3) is 0.533. The Kier molecular flexibility index (Phi) is 5.21. The molecule has 1 atom stereocenters. The van der Waals surface area contributed by atoms with Crippen molar-refractivity contribution in [1.29, 1.82) is 0 Å². The summed E-state index contributed by atoms with van der Waals surface area (Å²) in [6.07, 6.45) is 2.41. The molecule has 1 saturated heterocycles. The van der Waals surface area contributed by atoms with Crippen LogP contribution in [0.5, 0.6) is 5.75 Å². The molecule has 0 radical (unpaired) electrons. The molecule has 0 bridgehead atoms. The van der Waals surface area contributed by atoms with Crippen LogP contribution in [0.15, 0.2) is 30.3 Å². The van der Waals surface area contributed by atoms with Gasteiger partial charge in [-0.25, -0.2) is 0 Å². The molecule has 1 aromatic rings. The van der Waals surface area contributed by atoms with E-state index < -0.39 is 0 Å². The van der Waals surface area contributed by atoms with Crippen LogP contribution in [0.1, 0.15) is 19.8 Å². The Morgan fingerprint density at radius 2 is 2.21 bits per heavy atom. The second-order valence-electron chi connectivity index (χ2n) is 4.83. The molecule has 1 fully saturated rings. The summed E-state index contributed by atoms with van der Waals surface area (Å²) in [5.74, 6) is 0.681. The van der Waals surface area contributed by atoms with Crippen LogP contribution in [0.25, 0.3) is 0 Å². The number of ether oxygens (including phenoxy) is 1. The summed E-state index contributed by atoms with van der Waals surface area (Å²) in [7, 11) is 0. The number of hydrogen-bond donors (Lipinski definition) is 1. The van der Waals surface area contributed by atoms with Crippen molar-refractivity contribution < 1.29 is 9.53 Å². The third-order valence-corrected chi connectivity index (χ3v) is 3.55. The Labute approximate surface area is 114 Å². The number of benzene rings is 1. The van der Waals surface area contributed by atoms with Crippen LogP contribution in [0.4, 0.5) is 0 Å². The van der Waals surface area contributed by atoms with Crippen molar-refractivity contribution in [3.05, 3.63) is 30.3 Å². The summed E-state index contributed by atoms with van der Waals surface area (Å²) in [6.45, 7) is 5.19. The molecule has 19 heavy (non-hydrogen) atoms. The van der Waals surface area contributed by atoms with Crippen LogP contribution in [0.3, 0.4) is 0 Å². The van der Waals surface area contributed by atoms with Crippen molar-refractivity contribution in [1.82, 2.24) is 10.2 Å². The first-order chi connectivity index (χ1) is 9.29. The number of likely N-dealkylation sites (N-methyl/N-ethyl adjacent to an activating group) is 1. The van der Waals surface area contributed by atoms with Gasteiger partial charge in [0.25, 0.3) is 5.91 Å². The molecule has 1 aromatic carbocycles. The number of amides is 1. The normalized spacial score (nSPS) is 19.3. The van der Waals surface area contributed by atoms with Gasteiger partial charge in [-0.05, 0) is 38.1 Å². The van der Waals surface area contributed by atoms with E-state index in [9.17, 15) is 4.79 Å². The molecule has 0 saturated carbocycles. The molecule has 4 nitrogen and oxygen atoms in total. The first kappa shape index (κ1) is 13.9. The van der Waals surface area contributed by atoms with Gasteiger partial charge in [0.1, 0.15) is 5.75 Å². The van der Waals surface area contributed by atoms with Gasteiger partial charge in [0, 0.05) is 12.6 Å². The monoisotopic (exact) mass is 262 g/mol. The molecule has 0 aliphatic carbocycles. The molecule has 104 valence electrons. The Morgan fingerprint density at radius 1 is 1.42 bits per heavy atom. The first-order valence-electron chi connectivity index (χ1n) is 6.98. The van der Waals surface area contributed by atoms with Crippen molar-refractivity contribution in [3.8, 4) is 5.75 Å². The van der Waals surface area contributed by atoms with E-state index in [1.54, 1.807) is 0 Å². The minimum Gasteiger partial charge on any atom is -0.484 e.